The monoisotopic (exact) mass is 594 g/mol. The van der Waals surface area contributed by atoms with Crippen LogP contribution in [0.2, 0.25) is 0 Å². The fourth-order valence-corrected chi connectivity index (χ4v) is 5.02. The van der Waals surface area contributed by atoms with E-state index in [0.29, 0.717) is 36.3 Å². The van der Waals surface area contributed by atoms with Gasteiger partial charge in [0.1, 0.15) is 18.1 Å². The van der Waals surface area contributed by atoms with Crippen LogP contribution in [0, 0.1) is 11.3 Å². The zero-order chi connectivity index (χ0) is 31.7. The minimum Gasteiger partial charge on any atom is -0.453 e. The highest BCUT2D eigenvalue weighted by Gasteiger charge is 2.46. The molecule has 1 fully saturated rings. The third kappa shape index (κ3) is 6.86. The molecular weight excluding hydrogens is 552 g/mol. The van der Waals surface area contributed by atoms with Gasteiger partial charge in [-0.3, -0.25) is 24.2 Å². The fourth-order valence-electron chi connectivity index (χ4n) is 5.02. The summed E-state index contributed by atoms with van der Waals surface area (Å²) in [5, 5.41) is 18.7. The molecule has 1 unspecified atom stereocenters. The number of carbonyl (C=O) groups is 4. The molecule has 12 nitrogen and oxygen atoms in total. The van der Waals surface area contributed by atoms with Gasteiger partial charge in [-0.1, -0.05) is 38.1 Å². The quantitative estimate of drug-likeness (QED) is 0.382. The lowest BCUT2D eigenvalue weighted by Crippen LogP contribution is -2.62. The number of nitrogens with one attached hydrogen (secondary N) is 3. The van der Waals surface area contributed by atoms with Gasteiger partial charge in [0.2, 0.25) is 11.8 Å². The van der Waals surface area contributed by atoms with Crippen LogP contribution in [0.25, 0.3) is 17.0 Å². The molecule has 5 bridgehead atoms. The van der Waals surface area contributed by atoms with E-state index in [0.717, 1.165) is 5.39 Å². The summed E-state index contributed by atoms with van der Waals surface area (Å²) in [6.45, 7) is 11.8. The van der Waals surface area contributed by atoms with Crippen LogP contribution in [0.4, 0.5) is 0 Å². The molecule has 1 aromatic carbocycles. The Morgan fingerprint density at radius 1 is 1.14 bits per heavy atom. The highest BCUT2D eigenvalue weighted by atomic mass is 16.5. The van der Waals surface area contributed by atoms with Crippen molar-refractivity contribution in [3.05, 3.63) is 41.9 Å². The number of aliphatic hydroxyl groups is 1. The summed E-state index contributed by atoms with van der Waals surface area (Å²) in [6, 6.07) is 2.79. The third-order valence-electron chi connectivity index (χ3n) is 8.34. The number of hydrazine groups is 1. The van der Waals surface area contributed by atoms with Crippen molar-refractivity contribution in [2.45, 2.75) is 91.1 Å². The van der Waals surface area contributed by atoms with Gasteiger partial charge < -0.3 is 20.5 Å². The second-order valence-corrected chi connectivity index (χ2v) is 12.5. The number of nitrogens with zero attached hydrogens (tertiary/aromatic N) is 3. The lowest BCUT2D eigenvalue weighted by molar-refractivity contribution is -0.157. The van der Waals surface area contributed by atoms with Crippen molar-refractivity contribution in [2.24, 2.45) is 11.3 Å². The zero-order valence-electron chi connectivity index (χ0n) is 25.8. The van der Waals surface area contributed by atoms with Crippen molar-refractivity contribution >= 4 is 40.7 Å². The van der Waals surface area contributed by atoms with Gasteiger partial charge in [0.15, 0.2) is 11.9 Å². The maximum absolute atomic E-state index is 13.8. The molecule has 43 heavy (non-hydrogen) atoms. The molecule has 0 spiro atoms. The van der Waals surface area contributed by atoms with Crippen LogP contribution < -0.4 is 16.1 Å². The minimum absolute atomic E-state index is 0.313. The lowest BCUT2D eigenvalue weighted by atomic mass is 9.73. The van der Waals surface area contributed by atoms with E-state index >= 15 is 0 Å². The van der Waals surface area contributed by atoms with Gasteiger partial charge in [-0.15, -0.1) is 0 Å². The van der Waals surface area contributed by atoms with E-state index in [1.807, 2.05) is 18.2 Å². The van der Waals surface area contributed by atoms with Crippen molar-refractivity contribution in [1.29, 1.82) is 0 Å². The van der Waals surface area contributed by atoms with Crippen molar-refractivity contribution in [1.82, 2.24) is 31.0 Å². The van der Waals surface area contributed by atoms with Crippen LogP contribution in [0.15, 0.2) is 30.5 Å². The first-order valence-electron chi connectivity index (χ1n) is 14.7. The molecule has 232 valence electrons. The number of esters is 1. The summed E-state index contributed by atoms with van der Waals surface area (Å²) >= 11 is 0. The summed E-state index contributed by atoms with van der Waals surface area (Å²) < 4.78 is 5.69. The number of cyclic esters (lactones) is 1. The van der Waals surface area contributed by atoms with Gasteiger partial charge in [-0.05, 0) is 65.0 Å². The first-order valence-corrected chi connectivity index (χ1v) is 14.7. The van der Waals surface area contributed by atoms with Crippen molar-refractivity contribution in [3.8, 4) is 0 Å². The molecule has 2 aromatic rings. The highest BCUT2D eigenvalue weighted by Crippen LogP contribution is 2.34. The number of hydrogen-bond acceptors (Lipinski definition) is 9. The smallest absolute Gasteiger partial charge is 0.325 e. The topological polar surface area (TPSA) is 163 Å². The second kappa shape index (κ2) is 12.4. The van der Waals surface area contributed by atoms with Gasteiger partial charge in [-0.2, -0.15) is 0 Å². The Bertz CT molecular complexity index is 1440. The Balaban J connectivity index is 1.77. The van der Waals surface area contributed by atoms with E-state index in [2.05, 4.69) is 26.0 Å². The van der Waals surface area contributed by atoms with Gasteiger partial charge in [0.25, 0.3) is 5.91 Å². The molecule has 12 heteroatoms. The van der Waals surface area contributed by atoms with E-state index < -0.39 is 58.9 Å². The maximum Gasteiger partial charge on any atom is 0.325 e. The molecule has 1 saturated heterocycles. The number of hydrogen-bond donors (Lipinski definition) is 4. The molecule has 0 radical (unpaired) electrons. The first kappa shape index (κ1) is 32.0. The lowest BCUT2D eigenvalue weighted by Gasteiger charge is -2.38. The van der Waals surface area contributed by atoms with E-state index in [9.17, 15) is 24.3 Å². The first-order chi connectivity index (χ1) is 20.1. The van der Waals surface area contributed by atoms with Crippen LogP contribution >= 0.6 is 0 Å². The van der Waals surface area contributed by atoms with Crippen molar-refractivity contribution in [2.75, 3.05) is 6.54 Å². The largest absolute Gasteiger partial charge is 0.453 e. The van der Waals surface area contributed by atoms with Crippen LogP contribution in [0.3, 0.4) is 0 Å². The standard InChI is InChI=1S/C31H42N6O6/c1-17(2)24-26(38)33-18(3)27(39)37-14-8-9-22(36-37)28(40)43-19(4)25-32-16-21-11-10-20(15-23(21)34-25)12-13-31(7,29(41)35-24)30(5,6)42/h10-13,15-19,22,24,36,42H,8-9,14H2,1-7H3,(H,33,38)(H,35,41)/b13-12+/t18-,19+,22-,24-,31?/m0/s1. The number of carbonyl (C=O) groups excluding carboxylic acids is 4. The molecule has 3 heterocycles. The predicted octanol–water partition coefficient (Wildman–Crippen LogP) is 2.18. The van der Waals surface area contributed by atoms with Crippen molar-refractivity contribution < 1.29 is 29.0 Å². The number of aromatic nitrogens is 2. The number of amides is 3. The summed E-state index contributed by atoms with van der Waals surface area (Å²) in [4.78, 5) is 62.5. The molecule has 1 aromatic heterocycles. The van der Waals surface area contributed by atoms with E-state index in [1.165, 1.54) is 18.9 Å². The number of rotatable bonds is 2. The Morgan fingerprint density at radius 3 is 2.53 bits per heavy atom. The van der Waals surface area contributed by atoms with Gasteiger partial charge in [0.05, 0.1) is 16.5 Å². The summed E-state index contributed by atoms with van der Waals surface area (Å²) in [5.41, 5.74) is 1.31. The summed E-state index contributed by atoms with van der Waals surface area (Å²) in [7, 11) is 0. The summed E-state index contributed by atoms with van der Waals surface area (Å²) in [5.74, 6) is -2.08. The Hall–Kier alpha value is -3.90. The Kier molecular flexibility index (Phi) is 9.22. The SMILES string of the molecule is CC(C)[C@@H]1NC(=O)C(C)(C(C)(C)O)/C=C/c2ccc3cnc(nc3c2)[C@@H](C)OC(=O)[C@@H]2CCCN(N2)C(=O)[C@H](C)NC1=O. The molecular formula is C31H42N6O6. The van der Waals surface area contributed by atoms with E-state index in [-0.39, 0.29) is 5.92 Å². The van der Waals surface area contributed by atoms with E-state index in [1.54, 1.807) is 53.0 Å². The maximum atomic E-state index is 13.8. The third-order valence-corrected chi connectivity index (χ3v) is 8.34. The minimum atomic E-state index is -1.51. The van der Waals surface area contributed by atoms with Crippen molar-refractivity contribution in [3.63, 3.8) is 0 Å². The number of fused-ring (bicyclic) bond motifs is 4. The summed E-state index contributed by atoms with van der Waals surface area (Å²) in [6.07, 6.45) is 5.24. The highest BCUT2D eigenvalue weighted by molar-refractivity contribution is 5.94. The molecule has 4 N–H and O–H groups in total. The van der Waals surface area contributed by atoms with Crippen LogP contribution in [0.1, 0.15) is 78.8 Å². The van der Waals surface area contributed by atoms with Gasteiger partial charge >= 0.3 is 5.97 Å². The average Bonchev–Trinajstić information content (AvgIpc) is 2.96. The van der Waals surface area contributed by atoms with Crippen LogP contribution in [-0.2, 0) is 23.9 Å². The molecule has 4 rings (SSSR count). The normalized spacial score (nSPS) is 28.8. The fraction of sp³-hybridized carbons (Fsp3) is 0.548. The van der Waals surface area contributed by atoms with Crippen LogP contribution in [0.5, 0.6) is 0 Å². The van der Waals surface area contributed by atoms with E-state index in [4.69, 9.17) is 4.74 Å². The molecule has 0 aliphatic carbocycles. The molecule has 2 aliphatic heterocycles. The Labute approximate surface area is 251 Å². The second-order valence-electron chi connectivity index (χ2n) is 12.5. The number of benzene rings is 1. The van der Waals surface area contributed by atoms with Crippen LogP contribution in [-0.4, -0.2) is 74.0 Å². The molecule has 0 saturated carbocycles. The molecule has 3 amide bonds. The predicted molar refractivity (Wildman–Crippen MR) is 160 cm³/mol. The van der Waals surface area contributed by atoms with Gasteiger partial charge in [-0.25, -0.2) is 15.4 Å². The number of ether oxygens (including phenoxy) is 1. The zero-order valence-corrected chi connectivity index (χ0v) is 25.8. The molecule has 5 atom stereocenters. The van der Waals surface area contributed by atoms with Gasteiger partial charge in [0, 0.05) is 18.1 Å². The Morgan fingerprint density at radius 2 is 1.86 bits per heavy atom. The molecule has 2 aliphatic rings. The average molecular weight is 595 g/mol.